The molecule has 0 aromatic heterocycles. The van der Waals surface area contributed by atoms with Gasteiger partial charge in [0.05, 0.1) is 18.5 Å². The highest BCUT2D eigenvalue weighted by Gasteiger charge is 2.06. The fourth-order valence-electron chi connectivity index (χ4n) is 1.48. The summed E-state index contributed by atoms with van der Waals surface area (Å²) in [6.07, 6.45) is 0.503. The van der Waals surface area contributed by atoms with Gasteiger partial charge in [0.25, 0.3) is 0 Å². The topological polar surface area (TPSA) is 64.3 Å². The molecule has 0 unspecified atom stereocenters. The minimum atomic E-state index is -0.00637. The molecule has 0 bridgehead atoms. The van der Waals surface area contributed by atoms with Crippen LogP contribution >= 0.6 is 11.8 Å². The number of nitrogens with two attached hydrogens (primary N) is 1. The number of benzene rings is 1. The number of ether oxygens (including phenoxy) is 1. The van der Waals surface area contributed by atoms with Crippen LogP contribution in [0.3, 0.4) is 0 Å². The molecule has 1 rings (SSSR count). The summed E-state index contributed by atoms with van der Waals surface area (Å²) < 4.78 is 5.06. The number of nitrogens with one attached hydrogen (secondary N) is 1. The van der Waals surface area contributed by atoms with Crippen LogP contribution in [0, 0.1) is 5.92 Å². The van der Waals surface area contributed by atoms with Crippen molar-refractivity contribution in [1.82, 2.24) is 0 Å². The Hall–Kier alpha value is -1.36. The van der Waals surface area contributed by atoms with Crippen molar-refractivity contribution in [2.24, 2.45) is 5.92 Å². The van der Waals surface area contributed by atoms with E-state index >= 15 is 0 Å². The van der Waals surface area contributed by atoms with Crippen LogP contribution in [0.5, 0.6) is 5.75 Å². The van der Waals surface area contributed by atoms with Gasteiger partial charge in [-0.1, -0.05) is 13.8 Å². The summed E-state index contributed by atoms with van der Waals surface area (Å²) in [5.74, 6) is 3.25. The number of anilines is 2. The Kier molecular flexibility index (Phi) is 6.56. The van der Waals surface area contributed by atoms with Crippen LogP contribution in [0.2, 0.25) is 0 Å². The first kappa shape index (κ1) is 15.7. The number of rotatable bonds is 7. The maximum absolute atomic E-state index is 11.8. The van der Waals surface area contributed by atoms with Crippen molar-refractivity contribution in [2.75, 3.05) is 29.7 Å². The number of methoxy groups -OCH3 is 1. The van der Waals surface area contributed by atoms with Gasteiger partial charge in [-0.3, -0.25) is 4.79 Å². The standard InChI is InChI=1S/C14H22N2O2S/c1-10(2)9-19-7-6-14(17)16-13-5-4-11(18-3)8-12(13)15/h4-5,8,10H,6-7,9,15H2,1-3H3,(H,16,17). The Labute approximate surface area is 119 Å². The van der Waals surface area contributed by atoms with Gasteiger partial charge in [-0.2, -0.15) is 11.8 Å². The molecular formula is C14H22N2O2S. The largest absolute Gasteiger partial charge is 0.497 e. The highest BCUT2D eigenvalue weighted by molar-refractivity contribution is 7.99. The first-order valence-corrected chi connectivity index (χ1v) is 7.49. The zero-order valence-electron chi connectivity index (χ0n) is 11.7. The van der Waals surface area contributed by atoms with E-state index in [4.69, 9.17) is 10.5 Å². The zero-order chi connectivity index (χ0) is 14.3. The van der Waals surface area contributed by atoms with E-state index in [1.807, 2.05) is 0 Å². The number of carbonyl (C=O) groups is 1. The molecule has 5 heteroatoms. The van der Waals surface area contributed by atoms with E-state index in [0.29, 0.717) is 29.5 Å². The van der Waals surface area contributed by atoms with Crippen molar-refractivity contribution in [3.63, 3.8) is 0 Å². The molecule has 0 aliphatic heterocycles. The van der Waals surface area contributed by atoms with Gasteiger partial charge in [0.15, 0.2) is 0 Å². The van der Waals surface area contributed by atoms with Gasteiger partial charge < -0.3 is 15.8 Å². The van der Waals surface area contributed by atoms with Crippen LogP contribution in [0.25, 0.3) is 0 Å². The van der Waals surface area contributed by atoms with Crippen LogP contribution in [0.4, 0.5) is 11.4 Å². The minimum Gasteiger partial charge on any atom is -0.497 e. The van der Waals surface area contributed by atoms with Crippen molar-refractivity contribution in [2.45, 2.75) is 20.3 Å². The van der Waals surface area contributed by atoms with Crippen molar-refractivity contribution in [3.8, 4) is 5.75 Å². The van der Waals surface area contributed by atoms with E-state index in [0.717, 1.165) is 11.5 Å². The molecule has 0 radical (unpaired) electrons. The van der Waals surface area contributed by atoms with Crippen LogP contribution in [-0.2, 0) is 4.79 Å². The Bertz CT molecular complexity index is 422. The van der Waals surface area contributed by atoms with E-state index < -0.39 is 0 Å². The predicted octanol–water partition coefficient (Wildman–Crippen LogP) is 3.00. The molecule has 1 amide bonds. The number of thioether (sulfide) groups is 1. The summed E-state index contributed by atoms with van der Waals surface area (Å²) in [5.41, 5.74) is 6.99. The van der Waals surface area contributed by atoms with Gasteiger partial charge in [0.2, 0.25) is 5.91 Å². The number of hydrogen-bond donors (Lipinski definition) is 2. The zero-order valence-corrected chi connectivity index (χ0v) is 12.5. The lowest BCUT2D eigenvalue weighted by atomic mass is 10.2. The van der Waals surface area contributed by atoms with Gasteiger partial charge in [-0.05, 0) is 23.8 Å². The highest BCUT2D eigenvalue weighted by atomic mass is 32.2. The average molecular weight is 282 g/mol. The van der Waals surface area contributed by atoms with Crippen LogP contribution in [-0.4, -0.2) is 24.5 Å². The van der Waals surface area contributed by atoms with E-state index in [9.17, 15) is 4.79 Å². The molecule has 106 valence electrons. The van der Waals surface area contributed by atoms with Gasteiger partial charge >= 0.3 is 0 Å². The highest BCUT2D eigenvalue weighted by Crippen LogP contribution is 2.24. The first-order valence-electron chi connectivity index (χ1n) is 6.34. The Morgan fingerprint density at radius 2 is 2.21 bits per heavy atom. The summed E-state index contributed by atoms with van der Waals surface area (Å²) in [6, 6.07) is 5.23. The molecule has 0 saturated carbocycles. The van der Waals surface area contributed by atoms with E-state index in [-0.39, 0.29) is 5.91 Å². The van der Waals surface area contributed by atoms with Gasteiger partial charge in [-0.15, -0.1) is 0 Å². The molecule has 0 aliphatic carbocycles. The summed E-state index contributed by atoms with van der Waals surface area (Å²) >= 11 is 1.80. The summed E-state index contributed by atoms with van der Waals surface area (Å²) in [4.78, 5) is 11.8. The molecular weight excluding hydrogens is 260 g/mol. The van der Waals surface area contributed by atoms with Gasteiger partial charge in [0, 0.05) is 18.2 Å². The molecule has 0 heterocycles. The number of nitrogen functional groups attached to an aromatic ring is 1. The molecule has 4 nitrogen and oxygen atoms in total. The molecule has 0 fully saturated rings. The quantitative estimate of drug-likeness (QED) is 0.596. The third-order valence-corrected chi connectivity index (χ3v) is 3.85. The third kappa shape index (κ3) is 5.87. The second-order valence-electron chi connectivity index (χ2n) is 4.72. The smallest absolute Gasteiger partial charge is 0.225 e. The van der Waals surface area contributed by atoms with Crippen molar-refractivity contribution in [3.05, 3.63) is 18.2 Å². The molecule has 3 N–H and O–H groups in total. The monoisotopic (exact) mass is 282 g/mol. The summed E-state index contributed by atoms with van der Waals surface area (Å²) in [6.45, 7) is 4.34. The molecule has 1 aromatic rings. The Morgan fingerprint density at radius 1 is 1.47 bits per heavy atom. The lowest BCUT2D eigenvalue weighted by Crippen LogP contribution is -2.13. The van der Waals surface area contributed by atoms with E-state index in [2.05, 4.69) is 19.2 Å². The predicted molar refractivity (Wildman–Crippen MR) is 82.8 cm³/mol. The van der Waals surface area contributed by atoms with Crippen molar-refractivity contribution >= 4 is 29.0 Å². The number of amides is 1. The molecule has 0 saturated heterocycles. The summed E-state index contributed by atoms with van der Waals surface area (Å²) in [7, 11) is 1.58. The van der Waals surface area contributed by atoms with Crippen molar-refractivity contribution in [1.29, 1.82) is 0 Å². The Morgan fingerprint density at radius 3 is 2.79 bits per heavy atom. The average Bonchev–Trinajstić information content (AvgIpc) is 2.37. The second kappa shape index (κ2) is 7.94. The van der Waals surface area contributed by atoms with Crippen LogP contribution < -0.4 is 15.8 Å². The third-order valence-electron chi connectivity index (χ3n) is 2.46. The second-order valence-corrected chi connectivity index (χ2v) is 5.87. The maximum Gasteiger partial charge on any atom is 0.225 e. The Balaban J connectivity index is 2.40. The maximum atomic E-state index is 11.8. The van der Waals surface area contributed by atoms with E-state index in [1.165, 1.54) is 0 Å². The number of carbonyl (C=O) groups excluding carboxylic acids is 1. The van der Waals surface area contributed by atoms with Gasteiger partial charge in [0.1, 0.15) is 5.75 Å². The molecule has 0 aliphatic rings. The fourth-order valence-corrected chi connectivity index (χ4v) is 2.45. The van der Waals surface area contributed by atoms with Gasteiger partial charge in [-0.25, -0.2) is 0 Å². The van der Waals surface area contributed by atoms with E-state index in [1.54, 1.807) is 37.1 Å². The summed E-state index contributed by atoms with van der Waals surface area (Å²) in [5, 5.41) is 2.82. The molecule has 1 aromatic carbocycles. The molecule has 0 spiro atoms. The molecule has 19 heavy (non-hydrogen) atoms. The normalized spacial score (nSPS) is 10.5. The van der Waals surface area contributed by atoms with Crippen LogP contribution in [0.1, 0.15) is 20.3 Å². The lowest BCUT2D eigenvalue weighted by molar-refractivity contribution is -0.115. The lowest BCUT2D eigenvalue weighted by Gasteiger charge is -2.10. The SMILES string of the molecule is COc1ccc(NC(=O)CCSCC(C)C)c(N)c1. The fraction of sp³-hybridized carbons (Fsp3) is 0.500. The number of hydrogen-bond acceptors (Lipinski definition) is 4. The minimum absolute atomic E-state index is 0.00637. The first-order chi connectivity index (χ1) is 9.02. The van der Waals surface area contributed by atoms with Crippen molar-refractivity contribution < 1.29 is 9.53 Å². The molecule has 0 atom stereocenters. The van der Waals surface area contributed by atoms with Crippen LogP contribution in [0.15, 0.2) is 18.2 Å².